The number of anilines is 2. The van der Waals surface area contributed by atoms with Gasteiger partial charge in [0.2, 0.25) is 12.3 Å². The summed E-state index contributed by atoms with van der Waals surface area (Å²) in [6.07, 6.45) is 1.93. The smallest absolute Gasteiger partial charge is 0.225 e. The summed E-state index contributed by atoms with van der Waals surface area (Å²) < 4.78 is 5.25. The molecule has 0 aliphatic carbocycles. The second kappa shape index (κ2) is 4.88. The first-order valence-electron chi connectivity index (χ1n) is 4.53. The van der Waals surface area contributed by atoms with Gasteiger partial charge in [0.25, 0.3) is 0 Å². The molecule has 0 radical (unpaired) electrons. The van der Waals surface area contributed by atoms with Gasteiger partial charge in [-0.3, -0.25) is 0 Å². The van der Waals surface area contributed by atoms with E-state index in [0.29, 0.717) is 35.2 Å². The molecule has 0 saturated heterocycles. The molecule has 2 aromatic heterocycles. The van der Waals surface area contributed by atoms with Crippen molar-refractivity contribution in [1.82, 2.24) is 20.1 Å². The quantitative estimate of drug-likeness (QED) is 0.803. The van der Waals surface area contributed by atoms with Gasteiger partial charge in [-0.05, 0) is 15.9 Å². The Morgan fingerprint density at radius 3 is 3.00 bits per heavy atom. The number of rotatable bonds is 4. The molecule has 0 saturated carbocycles. The minimum absolute atomic E-state index is 0.406. The molecule has 0 amide bonds. The number of nitrogens with zero attached hydrogens (tertiary/aromatic N) is 4. The fraction of sp³-hybridized carbons (Fsp3) is 0.250. The zero-order valence-corrected chi connectivity index (χ0v) is 9.81. The minimum atomic E-state index is 0.406. The van der Waals surface area contributed by atoms with Gasteiger partial charge < -0.3 is 15.6 Å². The van der Waals surface area contributed by atoms with Crippen molar-refractivity contribution in [3.05, 3.63) is 22.9 Å². The van der Waals surface area contributed by atoms with Gasteiger partial charge in [-0.1, -0.05) is 5.16 Å². The van der Waals surface area contributed by atoms with Crippen molar-refractivity contribution in [3.8, 4) is 0 Å². The lowest BCUT2D eigenvalue weighted by Crippen LogP contribution is -2.09. The van der Waals surface area contributed by atoms with Crippen molar-refractivity contribution in [3.63, 3.8) is 0 Å². The van der Waals surface area contributed by atoms with Gasteiger partial charge >= 0.3 is 0 Å². The summed E-state index contributed by atoms with van der Waals surface area (Å²) in [6.45, 7) is 0.607. The SMILES string of the molecule is Nc1cc(Br)nc(NCCc2ncon2)n1. The molecule has 0 fully saturated rings. The van der Waals surface area contributed by atoms with E-state index in [1.54, 1.807) is 6.07 Å². The molecule has 0 unspecified atom stereocenters. The van der Waals surface area contributed by atoms with E-state index in [2.05, 4.69) is 45.9 Å². The van der Waals surface area contributed by atoms with Crippen LogP contribution in [0.25, 0.3) is 0 Å². The molecule has 0 atom stereocenters. The molecule has 2 rings (SSSR count). The number of nitrogens with one attached hydrogen (secondary N) is 1. The Morgan fingerprint density at radius 2 is 2.31 bits per heavy atom. The minimum Gasteiger partial charge on any atom is -0.383 e. The van der Waals surface area contributed by atoms with Gasteiger partial charge in [-0.25, -0.2) is 4.98 Å². The number of halogens is 1. The summed E-state index contributed by atoms with van der Waals surface area (Å²) in [5.41, 5.74) is 5.56. The van der Waals surface area contributed by atoms with Crippen molar-refractivity contribution >= 4 is 27.7 Å². The Morgan fingerprint density at radius 1 is 1.44 bits per heavy atom. The van der Waals surface area contributed by atoms with Crippen molar-refractivity contribution in [2.75, 3.05) is 17.6 Å². The maximum Gasteiger partial charge on any atom is 0.225 e. The predicted molar refractivity (Wildman–Crippen MR) is 60.6 cm³/mol. The second-order valence-electron chi connectivity index (χ2n) is 2.96. The molecule has 0 aliphatic heterocycles. The predicted octanol–water partition coefficient (Wildman–Crippen LogP) is 0.859. The molecule has 0 bridgehead atoms. The Kier molecular flexibility index (Phi) is 3.30. The maximum absolute atomic E-state index is 5.56. The summed E-state index contributed by atoms with van der Waals surface area (Å²) >= 11 is 3.23. The first kappa shape index (κ1) is 10.8. The van der Waals surface area contributed by atoms with Crippen LogP contribution in [0.2, 0.25) is 0 Å². The van der Waals surface area contributed by atoms with Crippen LogP contribution in [0.1, 0.15) is 5.82 Å². The highest BCUT2D eigenvalue weighted by Gasteiger charge is 2.01. The first-order valence-corrected chi connectivity index (χ1v) is 5.32. The lowest BCUT2D eigenvalue weighted by molar-refractivity contribution is 0.410. The zero-order valence-electron chi connectivity index (χ0n) is 8.22. The van der Waals surface area contributed by atoms with Gasteiger partial charge in [-0.2, -0.15) is 9.97 Å². The summed E-state index contributed by atoms with van der Waals surface area (Å²) in [6, 6.07) is 1.63. The third-order valence-corrected chi connectivity index (χ3v) is 2.16. The van der Waals surface area contributed by atoms with E-state index in [-0.39, 0.29) is 0 Å². The fourth-order valence-electron chi connectivity index (χ4n) is 1.10. The van der Waals surface area contributed by atoms with Crippen molar-refractivity contribution in [2.45, 2.75) is 6.42 Å². The summed E-state index contributed by atoms with van der Waals surface area (Å²) in [5.74, 6) is 1.51. The standard InChI is InChI=1S/C8H9BrN6O/c9-5-3-6(10)14-8(13-5)11-2-1-7-12-4-16-15-7/h3-4H,1-2H2,(H3,10,11,13,14). The van der Waals surface area contributed by atoms with E-state index in [1.807, 2.05) is 0 Å². The Hall–Kier alpha value is -1.70. The molecule has 2 heterocycles. The summed E-state index contributed by atoms with van der Waals surface area (Å²) in [4.78, 5) is 12.0. The third-order valence-electron chi connectivity index (χ3n) is 1.75. The molecule has 7 nitrogen and oxygen atoms in total. The van der Waals surface area contributed by atoms with Crippen LogP contribution in [0.15, 0.2) is 21.6 Å². The molecule has 0 spiro atoms. The van der Waals surface area contributed by atoms with E-state index in [1.165, 1.54) is 6.39 Å². The molecule has 3 N–H and O–H groups in total. The lowest BCUT2D eigenvalue weighted by Gasteiger charge is -2.03. The molecular weight excluding hydrogens is 276 g/mol. The zero-order chi connectivity index (χ0) is 11.4. The highest BCUT2D eigenvalue weighted by molar-refractivity contribution is 9.10. The Bertz CT molecular complexity index is 439. The topological polar surface area (TPSA) is 103 Å². The number of nitrogens with two attached hydrogens (primary N) is 1. The third kappa shape index (κ3) is 2.89. The Balaban J connectivity index is 1.89. The number of hydrogen-bond donors (Lipinski definition) is 2. The number of hydrogen-bond acceptors (Lipinski definition) is 7. The first-order chi connectivity index (χ1) is 7.74. The van der Waals surface area contributed by atoms with Gasteiger partial charge in [0.1, 0.15) is 10.4 Å². The second-order valence-corrected chi connectivity index (χ2v) is 3.78. The van der Waals surface area contributed by atoms with E-state index in [0.717, 1.165) is 0 Å². The van der Waals surface area contributed by atoms with E-state index in [4.69, 9.17) is 5.73 Å². The number of nitrogen functional groups attached to an aromatic ring is 1. The van der Waals surface area contributed by atoms with Crippen LogP contribution < -0.4 is 11.1 Å². The van der Waals surface area contributed by atoms with Crippen molar-refractivity contribution < 1.29 is 4.52 Å². The maximum atomic E-state index is 5.56. The molecule has 0 aliphatic rings. The average molecular weight is 285 g/mol. The highest BCUT2D eigenvalue weighted by Crippen LogP contribution is 2.12. The van der Waals surface area contributed by atoms with E-state index >= 15 is 0 Å². The highest BCUT2D eigenvalue weighted by atomic mass is 79.9. The lowest BCUT2D eigenvalue weighted by atomic mass is 10.4. The van der Waals surface area contributed by atoms with Crippen LogP contribution in [0.3, 0.4) is 0 Å². The van der Waals surface area contributed by atoms with Gasteiger partial charge in [-0.15, -0.1) is 0 Å². The van der Waals surface area contributed by atoms with Gasteiger partial charge in [0.15, 0.2) is 5.82 Å². The number of aromatic nitrogens is 4. The van der Waals surface area contributed by atoms with Crippen LogP contribution in [-0.4, -0.2) is 26.7 Å². The van der Waals surface area contributed by atoms with Crippen molar-refractivity contribution in [1.29, 1.82) is 0 Å². The summed E-state index contributed by atoms with van der Waals surface area (Å²) in [7, 11) is 0. The van der Waals surface area contributed by atoms with E-state index < -0.39 is 0 Å². The fourth-order valence-corrected chi connectivity index (χ4v) is 1.51. The van der Waals surface area contributed by atoms with Crippen molar-refractivity contribution in [2.24, 2.45) is 0 Å². The molecule has 16 heavy (non-hydrogen) atoms. The molecule has 8 heteroatoms. The largest absolute Gasteiger partial charge is 0.383 e. The van der Waals surface area contributed by atoms with Crippen LogP contribution >= 0.6 is 15.9 Å². The monoisotopic (exact) mass is 284 g/mol. The molecule has 0 aromatic carbocycles. The average Bonchev–Trinajstić information content (AvgIpc) is 2.69. The van der Waals surface area contributed by atoms with E-state index in [9.17, 15) is 0 Å². The normalized spacial score (nSPS) is 10.3. The summed E-state index contributed by atoms with van der Waals surface area (Å²) in [5, 5.41) is 6.69. The molecule has 84 valence electrons. The van der Waals surface area contributed by atoms with Crippen LogP contribution in [0, 0.1) is 0 Å². The van der Waals surface area contributed by atoms with Crippen LogP contribution in [0.5, 0.6) is 0 Å². The van der Waals surface area contributed by atoms with Gasteiger partial charge in [0.05, 0.1) is 0 Å². The molecular formula is C8H9BrN6O. The van der Waals surface area contributed by atoms with Crippen LogP contribution in [-0.2, 0) is 6.42 Å². The molecule has 2 aromatic rings. The Labute approximate surface area is 99.6 Å². The van der Waals surface area contributed by atoms with Gasteiger partial charge in [0, 0.05) is 19.0 Å². The van der Waals surface area contributed by atoms with Crippen LogP contribution in [0.4, 0.5) is 11.8 Å².